The first-order chi connectivity index (χ1) is 8.33. The fourth-order valence-electron chi connectivity index (χ4n) is 2.84. The molecule has 2 aliphatic rings. The van der Waals surface area contributed by atoms with Gasteiger partial charge in [0.05, 0.1) is 6.54 Å². The first-order valence-electron chi connectivity index (χ1n) is 6.69. The lowest BCUT2D eigenvalue weighted by molar-refractivity contribution is 0.192. The van der Waals surface area contributed by atoms with E-state index in [0.29, 0.717) is 6.04 Å². The van der Waals surface area contributed by atoms with Crippen molar-refractivity contribution in [3.05, 3.63) is 11.6 Å². The highest BCUT2D eigenvalue weighted by Gasteiger charge is 2.20. The molecule has 0 amide bonds. The van der Waals surface area contributed by atoms with Gasteiger partial charge in [0.25, 0.3) is 0 Å². The van der Waals surface area contributed by atoms with E-state index in [-0.39, 0.29) is 0 Å². The topological polar surface area (TPSA) is 46.0 Å². The molecule has 3 heterocycles. The third kappa shape index (κ3) is 2.35. The highest BCUT2D eigenvalue weighted by atomic mass is 15.3. The van der Waals surface area contributed by atoms with Gasteiger partial charge in [0, 0.05) is 38.6 Å². The Kier molecular flexibility index (Phi) is 3.11. The summed E-state index contributed by atoms with van der Waals surface area (Å²) < 4.78 is 2.33. The number of nitrogens with zero attached hydrogens (tertiary/aromatic N) is 4. The molecule has 1 atom stereocenters. The van der Waals surface area contributed by atoms with Gasteiger partial charge >= 0.3 is 0 Å². The molecular weight excluding hydrogens is 214 g/mol. The molecule has 0 radical (unpaired) electrons. The van der Waals surface area contributed by atoms with Gasteiger partial charge in [0.1, 0.15) is 11.6 Å². The number of aryl methyl sites for hydroxylation is 1. The van der Waals surface area contributed by atoms with Crippen LogP contribution >= 0.6 is 0 Å². The van der Waals surface area contributed by atoms with Crippen LogP contribution in [0.2, 0.25) is 0 Å². The van der Waals surface area contributed by atoms with Crippen molar-refractivity contribution in [2.24, 2.45) is 0 Å². The Morgan fingerprint density at radius 1 is 1.29 bits per heavy atom. The fraction of sp³-hybridized carbons (Fsp3) is 0.833. The molecule has 2 aliphatic heterocycles. The molecule has 94 valence electrons. The Labute approximate surface area is 102 Å². The zero-order valence-electron chi connectivity index (χ0n) is 10.5. The maximum atomic E-state index is 4.37. The van der Waals surface area contributed by atoms with Crippen molar-refractivity contribution in [3.63, 3.8) is 0 Å². The van der Waals surface area contributed by atoms with Crippen LogP contribution in [0.15, 0.2) is 0 Å². The van der Waals surface area contributed by atoms with Crippen molar-refractivity contribution >= 4 is 0 Å². The molecule has 1 aromatic heterocycles. The number of aromatic nitrogens is 3. The maximum Gasteiger partial charge on any atom is 0.147 e. The SMILES string of the molecule is C[C@H]1CN(Cc2nnc3n2CCCC3)CCN1. The van der Waals surface area contributed by atoms with Gasteiger partial charge in [-0.15, -0.1) is 10.2 Å². The predicted octanol–water partition coefficient (Wildman–Crippen LogP) is 0.408. The van der Waals surface area contributed by atoms with E-state index in [1.807, 2.05) is 0 Å². The monoisotopic (exact) mass is 235 g/mol. The number of rotatable bonds is 2. The van der Waals surface area contributed by atoms with Crippen molar-refractivity contribution < 1.29 is 0 Å². The number of nitrogens with one attached hydrogen (secondary N) is 1. The van der Waals surface area contributed by atoms with E-state index in [9.17, 15) is 0 Å². The van der Waals surface area contributed by atoms with Crippen molar-refractivity contribution in [1.82, 2.24) is 25.0 Å². The van der Waals surface area contributed by atoms with Crippen molar-refractivity contribution in [2.75, 3.05) is 19.6 Å². The van der Waals surface area contributed by atoms with Gasteiger partial charge in [0.2, 0.25) is 0 Å². The zero-order chi connectivity index (χ0) is 11.7. The second kappa shape index (κ2) is 4.74. The lowest BCUT2D eigenvalue weighted by atomic mass is 10.1. The summed E-state index contributed by atoms with van der Waals surface area (Å²) in [5.74, 6) is 2.35. The third-order valence-electron chi connectivity index (χ3n) is 3.75. The Morgan fingerprint density at radius 3 is 3.12 bits per heavy atom. The summed E-state index contributed by atoms with van der Waals surface area (Å²) in [4.78, 5) is 2.48. The molecule has 1 aromatic rings. The minimum atomic E-state index is 0.590. The molecule has 0 aromatic carbocycles. The second-order valence-corrected chi connectivity index (χ2v) is 5.23. The zero-order valence-corrected chi connectivity index (χ0v) is 10.5. The normalized spacial score (nSPS) is 25.8. The largest absolute Gasteiger partial charge is 0.314 e. The Bertz CT molecular complexity index is 386. The predicted molar refractivity (Wildman–Crippen MR) is 65.7 cm³/mol. The number of hydrogen-bond donors (Lipinski definition) is 1. The van der Waals surface area contributed by atoms with Crippen LogP contribution in [0.4, 0.5) is 0 Å². The Morgan fingerprint density at radius 2 is 2.24 bits per heavy atom. The molecule has 5 heteroatoms. The number of fused-ring (bicyclic) bond motifs is 1. The van der Waals surface area contributed by atoms with Gasteiger partial charge in [-0.2, -0.15) is 0 Å². The summed E-state index contributed by atoms with van der Waals surface area (Å²) >= 11 is 0. The van der Waals surface area contributed by atoms with Crippen LogP contribution in [0.5, 0.6) is 0 Å². The van der Waals surface area contributed by atoms with Crippen LogP contribution < -0.4 is 5.32 Å². The van der Waals surface area contributed by atoms with Crippen molar-refractivity contribution in [2.45, 2.75) is 45.3 Å². The van der Waals surface area contributed by atoms with E-state index in [0.717, 1.165) is 45.0 Å². The first-order valence-corrected chi connectivity index (χ1v) is 6.69. The van der Waals surface area contributed by atoms with Crippen LogP contribution in [0.1, 0.15) is 31.4 Å². The molecule has 1 saturated heterocycles. The van der Waals surface area contributed by atoms with Gasteiger partial charge in [-0.1, -0.05) is 0 Å². The lowest BCUT2D eigenvalue weighted by Crippen LogP contribution is -2.48. The number of hydrogen-bond acceptors (Lipinski definition) is 4. The molecular formula is C12H21N5. The minimum Gasteiger partial charge on any atom is -0.314 e. The van der Waals surface area contributed by atoms with Crippen molar-refractivity contribution in [3.8, 4) is 0 Å². The smallest absolute Gasteiger partial charge is 0.147 e. The van der Waals surface area contributed by atoms with Crippen molar-refractivity contribution in [1.29, 1.82) is 0 Å². The van der Waals surface area contributed by atoms with E-state index in [2.05, 4.69) is 31.9 Å². The fourth-order valence-corrected chi connectivity index (χ4v) is 2.84. The highest BCUT2D eigenvalue weighted by molar-refractivity contribution is 4.99. The molecule has 3 rings (SSSR count). The molecule has 0 spiro atoms. The quantitative estimate of drug-likeness (QED) is 0.806. The van der Waals surface area contributed by atoms with E-state index in [1.54, 1.807) is 0 Å². The van der Waals surface area contributed by atoms with Crippen LogP contribution in [-0.4, -0.2) is 45.3 Å². The van der Waals surface area contributed by atoms with Crippen LogP contribution in [0.25, 0.3) is 0 Å². The lowest BCUT2D eigenvalue weighted by Gasteiger charge is -2.31. The Balaban J connectivity index is 1.70. The Hall–Kier alpha value is -0.940. The summed E-state index contributed by atoms with van der Waals surface area (Å²) in [5, 5.41) is 12.1. The molecule has 0 bridgehead atoms. The second-order valence-electron chi connectivity index (χ2n) is 5.23. The number of piperazine rings is 1. The average molecular weight is 235 g/mol. The third-order valence-corrected chi connectivity index (χ3v) is 3.75. The standard InChI is InChI=1S/C12H21N5/c1-10-8-16(7-5-13-10)9-12-15-14-11-4-2-3-6-17(11)12/h10,13H,2-9H2,1H3/t10-/m0/s1. The van der Waals surface area contributed by atoms with Gasteiger partial charge in [-0.05, 0) is 19.8 Å². The highest BCUT2D eigenvalue weighted by Crippen LogP contribution is 2.15. The van der Waals surface area contributed by atoms with Gasteiger partial charge in [-0.25, -0.2) is 0 Å². The molecule has 0 aliphatic carbocycles. The molecule has 0 unspecified atom stereocenters. The van der Waals surface area contributed by atoms with E-state index in [4.69, 9.17) is 0 Å². The van der Waals surface area contributed by atoms with Gasteiger partial charge in [-0.3, -0.25) is 4.90 Å². The summed E-state index contributed by atoms with van der Waals surface area (Å²) in [5.41, 5.74) is 0. The van der Waals surface area contributed by atoms with Crippen LogP contribution in [0.3, 0.4) is 0 Å². The van der Waals surface area contributed by atoms with Crippen LogP contribution in [-0.2, 0) is 19.5 Å². The van der Waals surface area contributed by atoms with E-state index in [1.165, 1.54) is 18.7 Å². The molecule has 17 heavy (non-hydrogen) atoms. The molecule has 1 fully saturated rings. The molecule has 1 N–H and O–H groups in total. The maximum absolute atomic E-state index is 4.37. The summed E-state index contributed by atoms with van der Waals surface area (Å²) in [7, 11) is 0. The van der Waals surface area contributed by atoms with Crippen LogP contribution in [0, 0.1) is 0 Å². The van der Waals surface area contributed by atoms with E-state index < -0.39 is 0 Å². The summed E-state index contributed by atoms with van der Waals surface area (Å²) in [6.45, 7) is 7.63. The summed E-state index contributed by atoms with van der Waals surface area (Å²) in [6, 6.07) is 0.590. The summed E-state index contributed by atoms with van der Waals surface area (Å²) in [6.07, 6.45) is 3.64. The minimum absolute atomic E-state index is 0.590. The van der Waals surface area contributed by atoms with Gasteiger partial charge < -0.3 is 9.88 Å². The average Bonchev–Trinajstić information content (AvgIpc) is 2.73. The molecule has 5 nitrogen and oxygen atoms in total. The molecule has 0 saturated carbocycles. The van der Waals surface area contributed by atoms with E-state index >= 15 is 0 Å². The van der Waals surface area contributed by atoms with Gasteiger partial charge in [0.15, 0.2) is 0 Å². The first kappa shape index (κ1) is 11.2.